The number of hydrogen-bond donors (Lipinski definition) is 1. The molecule has 2 aromatic carbocycles. The molecule has 0 bridgehead atoms. The molecule has 0 unspecified atom stereocenters. The van der Waals surface area contributed by atoms with Crippen LogP contribution in [-0.4, -0.2) is 35.1 Å². The summed E-state index contributed by atoms with van der Waals surface area (Å²) in [5, 5.41) is 8.76. The molecule has 1 N–H and O–H groups in total. The lowest BCUT2D eigenvalue weighted by Crippen LogP contribution is -2.20. The molecular weight excluding hydrogens is 466 g/mol. The number of halogens is 1. The first kappa shape index (κ1) is 21.3. The summed E-state index contributed by atoms with van der Waals surface area (Å²) >= 11 is 7.55. The predicted molar refractivity (Wildman–Crippen MR) is 124 cm³/mol. The number of thiophene rings is 1. The van der Waals surface area contributed by atoms with Crippen LogP contribution in [0, 0.1) is 6.92 Å². The lowest BCUT2D eigenvalue weighted by molar-refractivity contribution is -0.119. The summed E-state index contributed by atoms with van der Waals surface area (Å²) < 4.78 is 17.6. The molecule has 3 heterocycles. The number of aryl methyl sites for hydroxylation is 1. The molecule has 0 saturated carbocycles. The van der Waals surface area contributed by atoms with E-state index < -0.39 is 18.5 Å². The number of esters is 1. The van der Waals surface area contributed by atoms with Gasteiger partial charge in [-0.05, 0) is 36.8 Å². The van der Waals surface area contributed by atoms with Gasteiger partial charge in [-0.15, -0.1) is 11.3 Å². The lowest BCUT2D eigenvalue weighted by Gasteiger charge is -2.07. The molecule has 10 heteroatoms. The van der Waals surface area contributed by atoms with Crippen LogP contribution in [0.5, 0.6) is 11.5 Å². The number of nitrogens with zero attached hydrogens (tertiary/aromatic N) is 2. The first-order valence-electron chi connectivity index (χ1n) is 10.0. The normalized spacial score (nSPS) is 12.2. The number of aromatic nitrogens is 2. The van der Waals surface area contributed by atoms with Gasteiger partial charge in [0.05, 0.1) is 12.2 Å². The third-order valence-electron chi connectivity index (χ3n) is 5.08. The summed E-state index contributed by atoms with van der Waals surface area (Å²) in [7, 11) is 0. The maximum Gasteiger partial charge on any atom is 0.348 e. The van der Waals surface area contributed by atoms with Gasteiger partial charge >= 0.3 is 5.97 Å². The Morgan fingerprint density at radius 3 is 2.85 bits per heavy atom. The second-order valence-electron chi connectivity index (χ2n) is 7.36. The minimum Gasteiger partial charge on any atom is -0.454 e. The third-order valence-corrected chi connectivity index (χ3v) is 6.57. The Balaban J connectivity index is 1.25. The van der Waals surface area contributed by atoms with Gasteiger partial charge in [-0.1, -0.05) is 29.8 Å². The van der Waals surface area contributed by atoms with Crippen molar-refractivity contribution in [3.8, 4) is 11.5 Å². The zero-order valence-corrected chi connectivity index (χ0v) is 19.0. The number of anilines is 1. The fourth-order valence-corrected chi connectivity index (χ4v) is 4.73. The van der Waals surface area contributed by atoms with Crippen molar-refractivity contribution in [1.29, 1.82) is 0 Å². The number of nitrogens with one attached hydrogen (secondary N) is 1. The molecule has 0 saturated heterocycles. The average molecular weight is 484 g/mol. The number of carbonyl (C=O) groups is 2. The summed E-state index contributed by atoms with van der Waals surface area (Å²) in [6, 6.07) is 14.3. The maximum atomic E-state index is 12.6. The summed E-state index contributed by atoms with van der Waals surface area (Å²) in [5.41, 5.74) is 2.26. The minimum atomic E-state index is -0.569. The molecule has 1 amide bonds. The highest BCUT2D eigenvalue weighted by atomic mass is 35.5. The van der Waals surface area contributed by atoms with Gasteiger partial charge in [0.15, 0.2) is 18.1 Å². The van der Waals surface area contributed by atoms with Crippen molar-refractivity contribution in [1.82, 2.24) is 9.78 Å². The Hall–Kier alpha value is -3.56. The topological polar surface area (TPSA) is 91.7 Å². The molecule has 0 fully saturated rings. The maximum absolute atomic E-state index is 12.6. The summed E-state index contributed by atoms with van der Waals surface area (Å²) in [4.78, 5) is 26.0. The second-order valence-corrected chi connectivity index (χ2v) is 8.79. The van der Waals surface area contributed by atoms with Crippen molar-refractivity contribution in [3.63, 3.8) is 0 Å². The average Bonchev–Trinajstić information content (AvgIpc) is 3.51. The number of hydrogen-bond acceptors (Lipinski definition) is 7. The molecule has 1 aliphatic rings. The Kier molecular flexibility index (Phi) is 5.65. The molecule has 168 valence electrons. The standard InChI is InChI=1S/C23H18ClN3O5S/c1-13-16-9-20(33-22(16)27(26-13)10-14-4-2-3-5-17(14)24)23(29)30-11-21(28)25-15-6-7-18-19(8-15)32-12-31-18/h2-9H,10-12H2,1H3,(H,25,28). The number of rotatable bonds is 6. The van der Waals surface area contributed by atoms with E-state index in [0.717, 1.165) is 21.5 Å². The number of amides is 1. The molecule has 5 rings (SSSR count). The van der Waals surface area contributed by atoms with E-state index in [1.54, 1.807) is 24.3 Å². The van der Waals surface area contributed by atoms with Crippen LogP contribution in [0.25, 0.3) is 10.2 Å². The molecule has 0 aliphatic carbocycles. The first-order valence-corrected chi connectivity index (χ1v) is 11.2. The largest absolute Gasteiger partial charge is 0.454 e. The van der Waals surface area contributed by atoms with E-state index in [1.807, 2.05) is 35.9 Å². The zero-order chi connectivity index (χ0) is 22.9. The van der Waals surface area contributed by atoms with E-state index in [0.29, 0.717) is 33.6 Å². The second kappa shape index (κ2) is 8.76. The monoisotopic (exact) mass is 483 g/mol. The summed E-state index contributed by atoms with van der Waals surface area (Å²) in [6.07, 6.45) is 0. The smallest absolute Gasteiger partial charge is 0.348 e. The van der Waals surface area contributed by atoms with Gasteiger partial charge in [0.2, 0.25) is 6.79 Å². The number of benzene rings is 2. The van der Waals surface area contributed by atoms with E-state index in [9.17, 15) is 9.59 Å². The molecular formula is C23H18ClN3O5S. The molecule has 1 aliphatic heterocycles. The van der Waals surface area contributed by atoms with Gasteiger partial charge in [-0.2, -0.15) is 5.10 Å². The quantitative estimate of drug-likeness (QED) is 0.402. The Morgan fingerprint density at radius 1 is 1.18 bits per heavy atom. The van der Waals surface area contributed by atoms with Crippen LogP contribution in [0.1, 0.15) is 20.9 Å². The van der Waals surface area contributed by atoms with Crippen LogP contribution >= 0.6 is 22.9 Å². The van der Waals surface area contributed by atoms with Crippen molar-refractivity contribution < 1.29 is 23.8 Å². The molecule has 0 spiro atoms. The Morgan fingerprint density at radius 2 is 2.00 bits per heavy atom. The molecule has 0 atom stereocenters. The fourth-order valence-electron chi connectivity index (χ4n) is 3.48. The van der Waals surface area contributed by atoms with Crippen LogP contribution in [0.15, 0.2) is 48.5 Å². The van der Waals surface area contributed by atoms with Crippen molar-refractivity contribution in [2.24, 2.45) is 0 Å². The Bertz CT molecular complexity index is 1380. The highest BCUT2D eigenvalue weighted by molar-refractivity contribution is 7.20. The zero-order valence-electron chi connectivity index (χ0n) is 17.5. The van der Waals surface area contributed by atoms with Crippen molar-refractivity contribution in [2.75, 3.05) is 18.7 Å². The van der Waals surface area contributed by atoms with Gasteiger partial charge in [0.25, 0.3) is 5.91 Å². The predicted octanol–water partition coefficient (Wildman–Crippen LogP) is 4.63. The van der Waals surface area contributed by atoms with E-state index in [-0.39, 0.29) is 6.79 Å². The van der Waals surface area contributed by atoms with Crippen LogP contribution < -0.4 is 14.8 Å². The highest BCUT2D eigenvalue weighted by Crippen LogP contribution is 2.34. The van der Waals surface area contributed by atoms with Gasteiger partial charge in [0, 0.05) is 22.2 Å². The molecule has 8 nitrogen and oxygen atoms in total. The lowest BCUT2D eigenvalue weighted by atomic mass is 10.2. The van der Waals surface area contributed by atoms with Crippen molar-refractivity contribution in [3.05, 3.63) is 69.7 Å². The molecule has 2 aromatic heterocycles. The van der Waals surface area contributed by atoms with Gasteiger partial charge in [-0.25, -0.2) is 4.79 Å². The van der Waals surface area contributed by atoms with E-state index in [2.05, 4.69) is 10.4 Å². The van der Waals surface area contributed by atoms with Crippen LogP contribution in [0.2, 0.25) is 5.02 Å². The van der Waals surface area contributed by atoms with Crippen molar-refractivity contribution in [2.45, 2.75) is 13.5 Å². The van der Waals surface area contributed by atoms with Crippen LogP contribution in [0.4, 0.5) is 5.69 Å². The SMILES string of the molecule is Cc1nn(Cc2ccccc2Cl)c2sc(C(=O)OCC(=O)Nc3ccc4c(c3)OCO4)cc12. The Labute approximate surface area is 197 Å². The summed E-state index contributed by atoms with van der Waals surface area (Å²) in [5.74, 6) is 0.147. The van der Waals surface area contributed by atoms with Crippen molar-refractivity contribution >= 4 is 50.7 Å². The fraction of sp³-hybridized carbons (Fsp3) is 0.174. The van der Waals surface area contributed by atoms with Gasteiger partial charge in [0.1, 0.15) is 9.71 Å². The molecule has 0 radical (unpaired) electrons. The minimum absolute atomic E-state index is 0.148. The number of fused-ring (bicyclic) bond motifs is 2. The number of ether oxygens (including phenoxy) is 3. The molecule has 33 heavy (non-hydrogen) atoms. The number of carbonyl (C=O) groups excluding carboxylic acids is 2. The third kappa shape index (κ3) is 4.37. The highest BCUT2D eigenvalue weighted by Gasteiger charge is 2.19. The first-order chi connectivity index (χ1) is 16.0. The van der Waals surface area contributed by atoms with Crippen LogP contribution in [-0.2, 0) is 16.1 Å². The summed E-state index contributed by atoms with van der Waals surface area (Å²) in [6.45, 7) is 2.10. The van der Waals surface area contributed by atoms with Gasteiger partial charge < -0.3 is 19.5 Å². The van der Waals surface area contributed by atoms with E-state index in [1.165, 1.54) is 11.3 Å². The van der Waals surface area contributed by atoms with E-state index >= 15 is 0 Å². The van der Waals surface area contributed by atoms with Crippen LogP contribution in [0.3, 0.4) is 0 Å². The molecule has 4 aromatic rings. The van der Waals surface area contributed by atoms with E-state index in [4.69, 9.17) is 25.8 Å². The van der Waals surface area contributed by atoms with Gasteiger partial charge in [-0.3, -0.25) is 9.48 Å².